The summed E-state index contributed by atoms with van der Waals surface area (Å²) in [6.07, 6.45) is 0. The average molecular weight is 977 g/mol. The fourth-order valence-electron chi connectivity index (χ4n) is 13.3. The highest BCUT2D eigenvalue weighted by molar-refractivity contribution is 6.12. The second-order valence-corrected chi connectivity index (χ2v) is 20.8. The van der Waals surface area contributed by atoms with Gasteiger partial charge in [0, 0.05) is 33.2 Å². The van der Waals surface area contributed by atoms with Crippen molar-refractivity contribution >= 4 is 60.4 Å². The summed E-state index contributed by atoms with van der Waals surface area (Å²) in [5.74, 6) is 0. The molecule has 2 aliphatic rings. The second kappa shape index (κ2) is 17.0. The Balaban J connectivity index is 0.816. The molecule has 0 bridgehead atoms. The summed E-state index contributed by atoms with van der Waals surface area (Å²) < 4.78 is 2.43. The van der Waals surface area contributed by atoms with Crippen molar-refractivity contribution in [2.45, 2.75) is 5.41 Å². The highest BCUT2D eigenvalue weighted by Crippen LogP contribution is 2.63. The Kier molecular flexibility index (Phi) is 9.58. The van der Waals surface area contributed by atoms with Gasteiger partial charge in [0.05, 0.1) is 22.1 Å². The van der Waals surface area contributed by atoms with Gasteiger partial charge < -0.3 is 9.47 Å². The molecule has 0 atom stereocenters. The lowest BCUT2D eigenvalue weighted by atomic mass is 9.70. The van der Waals surface area contributed by atoms with Crippen molar-refractivity contribution in [3.05, 3.63) is 313 Å². The van der Waals surface area contributed by atoms with Gasteiger partial charge in [-0.3, -0.25) is 0 Å². The number of para-hydroxylation sites is 1. The smallest absolute Gasteiger partial charge is 0.0726 e. The maximum absolute atomic E-state index is 2.49. The minimum atomic E-state index is -0.453. The van der Waals surface area contributed by atoms with E-state index in [-0.39, 0.29) is 0 Å². The van der Waals surface area contributed by atoms with Crippen molar-refractivity contribution in [3.8, 4) is 61.3 Å². The molecule has 0 fully saturated rings. The third-order valence-electron chi connectivity index (χ3n) is 16.8. The largest absolute Gasteiger partial charge is 0.310 e. The van der Waals surface area contributed by atoms with Crippen LogP contribution in [0.25, 0.3) is 105 Å². The Bertz CT molecular complexity index is 4620. The molecule has 2 heteroatoms. The molecule has 0 aliphatic heterocycles. The molecule has 16 rings (SSSR count). The van der Waals surface area contributed by atoms with Gasteiger partial charge >= 0.3 is 0 Å². The number of nitrogens with zero attached hydrogens (tertiary/aromatic N) is 2. The molecule has 358 valence electrons. The van der Waals surface area contributed by atoms with Gasteiger partial charge in [-0.25, -0.2) is 0 Å². The van der Waals surface area contributed by atoms with Crippen molar-refractivity contribution in [2.24, 2.45) is 0 Å². The minimum absolute atomic E-state index is 0.453. The molecule has 77 heavy (non-hydrogen) atoms. The number of benzene rings is 13. The van der Waals surface area contributed by atoms with Crippen LogP contribution in [0, 0.1) is 0 Å². The molecule has 1 spiro atoms. The third-order valence-corrected chi connectivity index (χ3v) is 16.8. The van der Waals surface area contributed by atoms with Crippen LogP contribution in [0.1, 0.15) is 22.3 Å². The van der Waals surface area contributed by atoms with E-state index >= 15 is 0 Å². The zero-order valence-corrected chi connectivity index (χ0v) is 42.1. The van der Waals surface area contributed by atoms with Gasteiger partial charge in [0.1, 0.15) is 0 Å². The van der Waals surface area contributed by atoms with Crippen LogP contribution in [0.3, 0.4) is 0 Å². The van der Waals surface area contributed by atoms with Crippen molar-refractivity contribution in [1.29, 1.82) is 0 Å². The van der Waals surface area contributed by atoms with Gasteiger partial charge in [-0.15, -0.1) is 0 Å². The lowest BCUT2D eigenvalue weighted by Crippen LogP contribution is -2.26. The standard InChI is InChI=1S/C75H48N2/c1-2-16-49(17-3-1)54-32-33-56-46-59(40-36-55(56)45-54)76(60-41-42-65-64-25-8-12-29-70(64)75(71(65)48-60)68-27-10-6-23-62(68)63-24-7-11-28-69(63)75)58-38-34-50(35-39-58)52-20-14-21-53(44-52)57-37-43-74-67(47-57)66-26-9-13-30-73(66)77(74)72-31-15-19-51-18-4-5-22-61(51)72/h1-48H. The van der Waals surface area contributed by atoms with E-state index in [1.165, 1.54) is 127 Å². The number of hydrogen-bond donors (Lipinski definition) is 0. The fraction of sp³-hybridized carbons (Fsp3) is 0.0133. The van der Waals surface area contributed by atoms with Crippen molar-refractivity contribution < 1.29 is 0 Å². The Labute approximate surface area is 447 Å². The lowest BCUT2D eigenvalue weighted by molar-refractivity contribution is 0.793. The van der Waals surface area contributed by atoms with E-state index in [9.17, 15) is 0 Å². The zero-order chi connectivity index (χ0) is 50.6. The first kappa shape index (κ1) is 43.4. The van der Waals surface area contributed by atoms with E-state index < -0.39 is 5.41 Å². The summed E-state index contributed by atoms with van der Waals surface area (Å²) in [6, 6.07) is 108. The molecule has 2 aliphatic carbocycles. The molecule has 0 N–H and O–H groups in total. The van der Waals surface area contributed by atoms with Crippen LogP contribution in [-0.2, 0) is 5.41 Å². The molecule has 1 heterocycles. The van der Waals surface area contributed by atoms with E-state index in [1.807, 2.05) is 0 Å². The minimum Gasteiger partial charge on any atom is -0.310 e. The third kappa shape index (κ3) is 6.56. The highest BCUT2D eigenvalue weighted by atomic mass is 15.1. The van der Waals surface area contributed by atoms with Crippen LogP contribution < -0.4 is 4.90 Å². The first-order valence-corrected chi connectivity index (χ1v) is 26.7. The fourth-order valence-corrected chi connectivity index (χ4v) is 13.3. The Morgan fingerprint density at radius 3 is 1.49 bits per heavy atom. The molecular formula is C75H48N2. The first-order chi connectivity index (χ1) is 38.2. The molecule has 0 radical (unpaired) electrons. The number of fused-ring (bicyclic) bond motifs is 15. The summed E-state index contributed by atoms with van der Waals surface area (Å²) in [7, 11) is 0. The Morgan fingerprint density at radius 1 is 0.247 bits per heavy atom. The molecule has 0 saturated carbocycles. The predicted octanol–water partition coefficient (Wildman–Crippen LogP) is 19.9. The first-order valence-electron chi connectivity index (χ1n) is 26.7. The summed E-state index contributed by atoms with van der Waals surface area (Å²) in [5.41, 5.74) is 24.2. The maximum Gasteiger partial charge on any atom is 0.0726 e. The molecule has 0 saturated heterocycles. The maximum atomic E-state index is 2.49. The van der Waals surface area contributed by atoms with Crippen molar-refractivity contribution in [3.63, 3.8) is 0 Å². The molecule has 13 aromatic carbocycles. The van der Waals surface area contributed by atoms with Crippen LogP contribution in [0.4, 0.5) is 17.1 Å². The van der Waals surface area contributed by atoms with Gasteiger partial charge in [-0.05, 0) is 167 Å². The van der Waals surface area contributed by atoms with Crippen LogP contribution in [0.15, 0.2) is 291 Å². The molecule has 1 aromatic heterocycles. The van der Waals surface area contributed by atoms with Crippen LogP contribution >= 0.6 is 0 Å². The summed E-state index contributed by atoms with van der Waals surface area (Å²) in [4.78, 5) is 2.46. The van der Waals surface area contributed by atoms with E-state index in [2.05, 4.69) is 301 Å². The second-order valence-electron chi connectivity index (χ2n) is 20.8. The van der Waals surface area contributed by atoms with E-state index in [0.717, 1.165) is 17.1 Å². The lowest BCUT2D eigenvalue weighted by Gasteiger charge is -2.32. The van der Waals surface area contributed by atoms with E-state index in [4.69, 9.17) is 0 Å². The topological polar surface area (TPSA) is 8.17 Å². The zero-order valence-electron chi connectivity index (χ0n) is 42.1. The molecule has 2 nitrogen and oxygen atoms in total. The van der Waals surface area contributed by atoms with Crippen LogP contribution in [-0.4, -0.2) is 4.57 Å². The quantitative estimate of drug-likeness (QED) is 0.154. The van der Waals surface area contributed by atoms with Gasteiger partial charge in [0.15, 0.2) is 0 Å². The normalized spacial score (nSPS) is 12.8. The molecule has 0 unspecified atom stereocenters. The number of aromatic nitrogens is 1. The van der Waals surface area contributed by atoms with Crippen LogP contribution in [0.2, 0.25) is 0 Å². The predicted molar refractivity (Wildman–Crippen MR) is 323 cm³/mol. The molecule has 0 amide bonds. The van der Waals surface area contributed by atoms with E-state index in [1.54, 1.807) is 0 Å². The Hall–Kier alpha value is -10.0. The molecule has 14 aromatic rings. The summed E-state index contributed by atoms with van der Waals surface area (Å²) >= 11 is 0. The van der Waals surface area contributed by atoms with Crippen molar-refractivity contribution in [1.82, 2.24) is 4.57 Å². The number of rotatable bonds is 7. The Morgan fingerprint density at radius 2 is 0.727 bits per heavy atom. The van der Waals surface area contributed by atoms with Crippen LogP contribution in [0.5, 0.6) is 0 Å². The summed E-state index contributed by atoms with van der Waals surface area (Å²) in [6.45, 7) is 0. The van der Waals surface area contributed by atoms with Crippen molar-refractivity contribution in [2.75, 3.05) is 4.90 Å². The van der Waals surface area contributed by atoms with E-state index in [0.29, 0.717) is 0 Å². The highest BCUT2D eigenvalue weighted by Gasteiger charge is 2.51. The number of anilines is 3. The average Bonchev–Trinajstić information content (AvgIpc) is 4.12. The van der Waals surface area contributed by atoms with Gasteiger partial charge in [-0.2, -0.15) is 0 Å². The van der Waals surface area contributed by atoms with Gasteiger partial charge in [0.2, 0.25) is 0 Å². The van der Waals surface area contributed by atoms with Gasteiger partial charge in [-0.1, -0.05) is 218 Å². The monoisotopic (exact) mass is 976 g/mol. The summed E-state index contributed by atoms with van der Waals surface area (Å²) in [5, 5.41) is 7.38. The van der Waals surface area contributed by atoms with Gasteiger partial charge in [0.25, 0.3) is 0 Å². The SMILES string of the molecule is c1ccc(-c2ccc3cc(N(c4ccc(-c5cccc(-c6ccc7c(c6)c6ccccc6n7-c6cccc7ccccc67)c5)cc4)c4ccc5c(c4)C4(c6ccccc6-c6ccccc64)c4ccccc4-5)ccc3c2)cc1. The molecular weight excluding hydrogens is 929 g/mol. The number of hydrogen-bond acceptors (Lipinski definition) is 1.